The highest BCUT2D eigenvalue weighted by atomic mass is 16.5. The molecule has 0 radical (unpaired) electrons. The quantitative estimate of drug-likeness (QED) is 0.841. The summed E-state index contributed by atoms with van der Waals surface area (Å²) in [5.74, 6) is 0.928. The Bertz CT molecular complexity index is 380. The molecule has 0 amide bonds. The predicted octanol–water partition coefficient (Wildman–Crippen LogP) is 1.57. The lowest BCUT2D eigenvalue weighted by molar-refractivity contribution is -0.0873. The number of rotatable bonds is 3. The molecular formula is C13H19NO2. The molecule has 1 heterocycles. The highest BCUT2D eigenvalue weighted by Crippen LogP contribution is 2.26. The normalized spacial score (nSPS) is 19.2. The van der Waals surface area contributed by atoms with Crippen LogP contribution in [0.2, 0.25) is 0 Å². The third-order valence-electron chi connectivity index (χ3n) is 2.96. The second-order valence-corrected chi connectivity index (χ2v) is 4.96. The molecule has 1 aromatic rings. The number of aliphatic hydroxyl groups is 1. The van der Waals surface area contributed by atoms with Crippen molar-refractivity contribution in [1.82, 2.24) is 4.90 Å². The van der Waals surface area contributed by atoms with Crippen LogP contribution in [-0.2, 0) is 6.54 Å². The summed E-state index contributed by atoms with van der Waals surface area (Å²) in [4.78, 5) is 2.22. The number of hydrogen-bond donors (Lipinski definition) is 1. The maximum absolute atomic E-state index is 9.67. The summed E-state index contributed by atoms with van der Waals surface area (Å²) >= 11 is 0. The highest BCUT2D eigenvalue weighted by Gasteiger charge is 2.36. The van der Waals surface area contributed by atoms with Gasteiger partial charge in [-0.05, 0) is 19.9 Å². The van der Waals surface area contributed by atoms with E-state index in [1.54, 1.807) is 7.11 Å². The van der Waals surface area contributed by atoms with Crippen LogP contribution < -0.4 is 4.74 Å². The third kappa shape index (κ3) is 2.36. The lowest BCUT2D eigenvalue weighted by Crippen LogP contribution is -2.59. The Morgan fingerprint density at radius 1 is 1.44 bits per heavy atom. The minimum absolute atomic E-state index is 0.503. The number of aryl methyl sites for hydroxylation is 1. The highest BCUT2D eigenvalue weighted by molar-refractivity contribution is 5.37. The molecule has 0 unspecified atom stereocenters. The van der Waals surface area contributed by atoms with Crippen LogP contribution in [0.1, 0.15) is 18.1 Å². The first kappa shape index (κ1) is 11.4. The van der Waals surface area contributed by atoms with Gasteiger partial charge in [0.15, 0.2) is 0 Å². The van der Waals surface area contributed by atoms with Gasteiger partial charge in [-0.25, -0.2) is 0 Å². The van der Waals surface area contributed by atoms with Crippen molar-refractivity contribution >= 4 is 0 Å². The zero-order chi connectivity index (χ0) is 11.8. The van der Waals surface area contributed by atoms with Crippen LogP contribution in [0, 0.1) is 6.92 Å². The van der Waals surface area contributed by atoms with E-state index < -0.39 is 5.60 Å². The van der Waals surface area contributed by atoms with Crippen molar-refractivity contribution in [2.45, 2.75) is 26.0 Å². The maximum atomic E-state index is 9.67. The van der Waals surface area contributed by atoms with Gasteiger partial charge in [0.1, 0.15) is 5.75 Å². The molecule has 0 aliphatic carbocycles. The van der Waals surface area contributed by atoms with Gasteiger partial charge in [0, 0.05) is 25.2 Å². The van der Waals surface area contributed by atoms with Gasteiger partial charge in [-0.15, -0.1) is 0 Å². The number of nitrogens with zero attached hydrogens (tertiary/aromatic N) is 1. The topological polar surface area (TPSA) is 32.7 Å². The third-order valence-corrected chi connectivity index (χ3v) is 2.96. The van der Waals surface area contributed by atoms with Crippen LogP contribution in [-0.4, -0.2) is 35.8 Å². The fraction of sp³-hybridized carbons (Fsp3) is 0.538. The average Bonchev–Trinajstić information content (AvgIpc) is 2.15. The number of methoxy groups -OCH3 is 1. The molecule has 0 bridgehead atoms. The van der Waals surface area contributed by atoms with Crippen LogP contribution >= 0.6 is 0 Å². The van der Waals surface area contributed by atoms with Crippen LogP contribution in [0.3, 0.4) is 0 Å². The zero-order valence-corrected chi connectivity index (χ0v) is 10.2. The summed E-state index contributed by atoms with van der Waals surface area (Å²) in [6.07, 6.45) is 0. The maximum Gasteiger partial charge on any atom is 0.123 e. The first-order chi connectivity index (χ1) is 7.50. The Morgan fingerprint density at radius 2 is 2.12 bits per heavy atom. The van der Waals surface area contributed by atoms with Crippen LogP contribution in [0.5, 0.6) is 5.75 Å². The van der Waals surface area contributed by atoms with E-state index in [1.807, 2.05) is 13.0 Å². The zero-order valence-electron chi connectivity index (χ0n) is 10.2. The van der Waals surface area contributed by atoms with Gasteiger partial charge < -0.3 is 9.84 Å². The second kappa shape index (κ2) is 4.07. The summed E-state index contributed by atoms with van der Waals surface area (Å²) in [5.41, 5.74) is 1.93. The molecule has 0 aromatic heterocycles. The van der Waals surface area contributed by atoms with Crippen molar-refractivity contribution < 1.29 is 9.84 Å². The van der Waals surface area contributed by atoms with Crippen molar-refractivity contribution in [3.05, 3.63) is 29.3 Å². The summed E-state index contributed by atoms with van der Waals surface area (Å²) in [6, 6.07) is 6.20. The number of likely N-dealkylation sites (tertiary alicyclic amines) is 1. The molecule has 1 aliphatic rings. The number of hydrogen-bond acceptors (Lipinski definition) is 3. The van der Waals surface area contributed by atoms with Gasteiger partial charge in [-0.3, -0.25) is 4.90 Å². The van der Waals surface area contributed by atoms with Gasteiger partial charge in [-0.1, -0.05) is 17.7 Å². The van der Waals surface area contributed by atoms with E-state index >= 15 is 0 Å². The van der Waals surface area contributed by atoms with E-state index in [0.717, 1.165) is 25.4 Å². The molecule has 16 heavy (non-hydrogen) atoms. The first-order valence-electron chi connectivity index (χ1n) is 5.58. The molecular weight excluding hydrogens is 202 g/mol. The molecule has 1 N–H and O–H groups in total. The minimum atomic E-state index is -0.503. The molecule has 2 rings (SSSR count). The van der Waals surface area contributed by atoms with Crippen molar-refractivity contribution in [2.75, 3.05) is 20.2 Å². The van der Waals surface area contributed by atoms with Crippen molar-refractivity contribution in [3.63, 3.8) is 0 Å². The predicted molar refractivity (Wildman–Crippen MR) is 63.6 cm³/mol. The molecule has 1 saturated heterocycles. The van der Waals surface area contributed by atoms with E-state index in [1.165, 1.54) is 11.1 Å². The lowest BCUT2D eigenvalue weighted by Gasteiger charge is -2.44. The molecule has 0 saturated carbocycles. The molecule has 0 spiro atoms. The van der Waals surface area contributed by atoms with Gasteiger partial charge in [0.25, 0.3) is 0 Å². The summed E-state index contributed by atoms with van der Waals surface area (Å²) in [5, 5.41) is 9.67. The molecule has 3 nitrogen and oxygen atoms in total. The molecule has 1 aromatic carbocycles. The Morgan fingerprint density at radius 3 is 2.69 bits per heavy atom. The summed E-state index contributed by atoms with van der Waals surface area (Å²) < 4.78 is 5.33. The number of ether oxygens (including phenoxy) is 1. The molecule has 0 atom stereocenters. The largest absolute Gasteiger partial charge is 0.496 e. The van der Waals surface area contributed by atoms with Crippen molar-refractivity contribution in [3.8, 4) is 5.75 Å². The first-order valence-corrected chi connectivity index (χ1v) is 5.58. The molecule has 1 fully saturated rings. The number of benzene rings is 1. The Labute approximate surface area is 96.6 Å². The SMILES string of the molecule is COc1ccc(C)cc1CN1CC(C)(O)C1. The van der Waals surface area contributed by atoms with E-state index in [4.69, 9.17) is 4.74 Å². The Hall–Kier alpha value is -1.06. The second-order valence-electron chi connectivity index (χ2n) is 4.96. The number of β-amino-alcohol motifs (C(OH)–C–C–N with tert-alkyl or cyclic N) is 1. The Balaban J connectivity index is 2.06. The van der Waals surface area contributed by atoms with Gasteiger partial charge in [0.2, 0.25) is 0 Å². The smallest absolute Gasteiger partial charge is 0.123 e. The van der Waals surface area contributed by atoms with E-state index in [-0.39, 0.29) is 0 Å². The van der Waals surface area contributed by atoms with Crippen molar-refractivity contribution in [2.24, 2.45) is 0 Å². The van der Waals surface area contributed by atoms with Crippen molar-refractivity contribution in [1.29, 1.82) is 0 Å². The van der Waals surface area contributed by atoms with Gasteiger partial charge in [-0.2, -0.15) is 0 Å². The monoisotopic (exact) mass is 221 g/mol. The minimum Gasteiger partial charge on any atom is -0.496 e. The van der Waals surface area contributed by atoms with Crippen LogP contribution in [0.15, 0.2) is 18.2 Å². The fourth-order valence-corrected chi connectivity index (χ4v) is 2.30. The van der Waals surface area contributed by atoms with Gasteiger partial charge in [0.05, 0.1) is 12.7 Å². The summed E-state index contributed by atoms with van der Waals surface area (Å²) in [6.45, 7) is 6.28. The standard InChI is InChI=1S/C13H19NO2/c1-10-4-5-12(16-3)11(6-10)7-14-8-13(2,15)9-14/h4-6,15H,7-9H2,1-3H3. The van der Waals surface area contributed by atoms with E-state index in [0.29, 0.717) is 0 Å². The van der Waals surface area contributed by atoms with E-state index in [9.17, 15) is 5.11 Å². The average molecular weight is 221 g/mol. The van der Waals surface area contributed by atoms with E-state index in [2.05, 4.69) is 24.0 Å². The van der Waals surface area contributed by atoms with Crippen LogP contribution in [0.4, 0.5) is 0 Å². The fourth-order valence-electron chi connectivity index (χ4n) is 2.30. The van der Waals surface area contributed by atoms with Gasteiger partial charge >= 0.3 is 0 Å². The Kier molecular flexibility index (Phi) is 2.91. The molecule has 88 valence electrons. The lowest BCUT2D eigenvalue weighted by atomic mass is 9.96. The van der Waals surface area contributed by atoms with Crippen LogP contribution in [0.25, 0.3) is 0 Å². The molecule has 1 aliphatic heterocycles. The molecule has 3 heteroatoms. The summed E-state index contributed by atoms with van der Waals surface area (Å²) in [7, 11) is 1.69.